The number of anilines is 1. The molecule has 35 heavy (non-hydrogen) atoms. The average Bonchev–Trinajstić information content (AvgIpc) is 2.87. The second-order valence-corrected chi connectivity index (χ2v) is 9.00. The Labute approximate surface area is 208 Å². The Morgan fingerprint density at radius 3 is 2.83 bits per heavy atom. The van der Waals surface area contributed by atoms with Crippen molar-refractivity contribution in [3.8, 4) is 5.75 Å². The molecule has 2 aliphatic heterocycles. The first kappa shape index (κ1) is 26.3. The summed E-state index contributed by atoms with van der Waals surface area (Å²) in [6, 6.07) is 7.58. The van der Waals surface area contributed by atoms with Crippen molar-refractivity contribution in [3.63, 3.8) is 0 Å². The molecule has 7 nitrogen and oxygen atoms in total. The van der Waals surface area contributed by atoms with Gasteiger partial charge in [-0.2, -0.15) is 0 Å². The Hall–Kier alpha value is -3.35. The number of rotatable bonds is 12. The highest BCUT2D eigenvalue weighted by atomic mass is 16.5. The number of hydrogen-bond acceptors (Lipinski definition) is 5. The maximum Gasteiger partial charge on any atom is 0.249 e. The largest absolute Gasteiger partial charge is 0.490 e. The van der Waals surface area contributed by atoms with Crippen LogP contribution in [-0.4, -0.2) is 55.4 Å². The third kappa shape index (κ3) is 7.57. The molecule has 0 aliphatic carbocycles. The first-order chi connectivity index (χ1) is 17.0. The minimum Gasteiger partial charge on any atom is -0.490 e. The minimum atomic E-state index is -0.612. The summed E-state index contributed by atoms with van der Waals surface area (Å²) < 4.78 is 5.74. The number of unbranched alkanes of at least 4 members (excludes halogenated alkanes) is 3. The van der Waals surface area contributed by atoms with Crippen LogP contribution >= 0.6 is 0 Å². The number of nitrogens with zero attached hydrogens (tertiary/aromatic N) is 2. The van der Waals surface area contributed by atoms with Crippen LogP contribution < -0.4 is 15.0 Å². The molecule has 1 N–H and O–H groups in total. The van der Waals surface area contributed by atoms with Crippen molar-refractivity contribution in [2.24, 2.45) is 0 Å². The second-order valence-electron chi connectivity index (χ2n) is 9.00. The zero-order valence-corrected chi connectivity index (χ0v) is 20.9. The van der Waals surface area contributed by atoms with Crippen molar-refractivity contribution in [2.75, 3.05) is 31.1 Å². The molecule has 7 heteroatoms. The third-order valence-corrected chi connectivity index (χ3v) is 6.49. The molecule has 2 aliphatic rings. The van der Waals surface area contributed by atoms with Gasteiger partial charge in [0.15, 0.2) is 0 Å². The minimum absolute atomic E-state index is 0.251. The maximum atomic E-state index is 12.3. The van der Waals surface area contributed by atoms with Gasteiger partial charge in [0.05, 0.1) is 12.2 Å². The van der Waals surface area contributed by atoms with Crippen LogP contribution in [0.4, 0.5) is 5.69 Å². The second kappa shape index (κ2) is 13.5. The Kier molecular flexibility index (Phi) is 10.1. The zero-order valence-electron chi connectivity index (χ0n) is 20.9. The fourth-order valence-corrected chi connectivity index (χ4v) is 4.47. The highest BCUT2D eigenvalue weighted by molar-refractivity contribution is 6.00. The molecule has 3 rings (SSSR count). The first-order valence-electron chi connectivity index (χ1n) is 12.5. The summed E-state index contributed by atoms with van der Waals surface area (Å²) >= 11 is 0. The zero-order chi connectivity index (χ0) is 25.0. The van der Waals surface area contributed by atoms with E-state index in [1.165, 1.54) is 10.6 Å². The summed E-state index contributed by atoms with van der Waals surface area (Å²) in [7, 11) is 0. The molecular formula is C28H37N3O4. The Balaban J connectivity index is 1.55. The Bertz CT molecular complexity index is 982. The fourth-order valence-electron chi connectivity index (χ4n) is 4.47. The molecule has 1 fully saturated rings. The van der Waals surface area contributed by atoms with Crippen LogP contribution in [0.2, 0.25) is 0 Å². The monoisotopic (exact) mass is 479 g/mol. The van der Waals surface area contributed by atoms with E-state index in [-0.39, 0.29) is 12.3 Å². The van der Waals surface area contributed by atoms with Gasteiger partial charge in [-0.25, -0.2) is 0 Å². The van der Waals surface area contributed by atoms with Crippen molar-refractivity contribution in [1.29, 1.82) is 0 Å². The quantitative estimate of drug-likeness (QED) is 0.211. The van der Waals surface area contributed by atoms with Crippen LogP contribution in [0.3, 0.4) is 0 Å². The van der Waals surface area contributed by atoms with Gasteiger partial charge in [0.2, 0.25) is 18.2 Å². The number of piperidine rings is 1. The maximum absolute atomic E-state index is 12.3. The lowest BCUT2D eigenvalue weighted by Gasteiger charge is -2.31. The molecule has 1 atom stereocenters. The first-order valence-corrected chi connectivity index (χ1v) is 12.5. The molecule has 0 bridgehead atoms. The predicted octanol–water partition coefficient (Wildman–Crippen LogP) is 4.16. The number of hydrogen-bond donors (Lipinski definition) is 1. The van der Waals surface area contributed by atoms with Gasteiger partial charge in [0, 0.05) is 19.5 Å². The summed E-state index contributed by atoms with van der Waals surface area (Å²) in [5.41, 5.74) is 3.27. The molecule has 3 amide bonds. The van der Waals surface area contributed by atoms with Crippen LogP contribution in [-0.2, 0) is 14.4 Å². The van der Waals surface area contributed by atoms with Crippen molar-refractivity contribution in [2.45, 2.75) is 58.4 Å². The number of benzene rings is 1. The number of amides is 3. The van der Waals surface area contributed by atoms with Gasteiger partial charge in [-0.3, -0.25) is 19.7 Å². The van der Waals surface area contributed by atoms with E-state index < -0.39 is 11.9 Å². The molecule has 2 heterocycles. The Morgan fingerprint density at radius 2 is 2.06 bits per heavy atom. The number of carbonyl (C=O) groups is 3. The van der Waals surface area contributed by atoms with E-state index in [4.69, 9.17) is 4.74 Å². The van der Waals surface area contributed by atoms with E-state index in [1.807, 2.05) is 50.3 Å². The van der Waals surface area contributed by atoms with E-state index >= 15 is 0 Å². The molecule has 0 radical (unpaired) electrons. The van der Waals surface area contributed by atoms with E-state index in [0.717, 1.165) is 68.7 Å². The van der Waals surface area contributed by atoms with E-state index in [1.54, 1.807) is 0 Å². The number of nitrogens with one attached hydrogen (secondary N) is 1. The van der Waals surface area contributed by atoms with Crippen molar-refractivity contribution < 1.29 is 19.1 Å². The third-order valence-electron chi connectivity index (χ3n) is 6.49. The lowest BCUT2D eigenvalue weighted by Crippen LogP contribution is -2.52. The van der Waals surface area contributed by atoms with Crippen LogP contribution in [0.1, 0.15) is 52.4 Å². The van der Waals surface area contributed by atoms with Gasteiger partial charge in [0.1, 0.15) is 18.4 Å². The van der Waals surface area contributed by atoms with Gasteiger partial charge >= 0.3 is 0 Å². The summed E-state index contributed by atoms with van der Waals surface area (Å²) in [4.78, 5) is 39.5. The van der Waals surface area contributed by atoms with Gasteiger partial charge in [0.25, 0.3) is 0 Å². The molecule has 0 spiro atoms. The number of para-hydroxylation sites is 2. The smallest absolute Gasteiger partial charge is 0.249 e. The number of imide groups is 1. The number of ether oxygens (including phenoxy) is 1. The lowest BCUT2D eigenvalue weighted by molar-refractivity contribution is -0.140. The molecule has 188 valence electrons. The van der Waals surface area contributed by atoms with Crippen LogP contribution in [0.5, 0.6) is 5.75 Å². The molecular weight excluding hydrogens is 442 g/mol. The van der Waals surface area contributed by atoms with Crippen molar-refractivity contribution >= 4 is 23.9 Å². The Morgan fingerprint density at radius 1 is 1.23 bits per heavy atom. The molecule has 0 aromatic heterocycles. The number of fused-ring (bicyclic) bond motifs is 1. The fraction of sp³-hybridized carbons (Fsp3) is 0.464. The molecule has 0 saturated carbocycles. The number of carbonyl (C=O) groups excluding carboxylic acids is 3. The summed E-state index contributed by atoms with van der Waals surface area (Å²) in [6.45, 7) is 6.97. The molecule has 1 aromatic rings. The number of allylic oxidation sites excluding steroid dienone is 4. The molecule has 1 saturated heterocycles. The highest BCUT2D eigenvalue weighted by Crippen LogP contribution is 2.31. The normalized spacial score (nSPS) is 18.8. The van der Waals surface area contributed by atoms with Crippen LogP contribution in [0.25, 0.3) is 0 Å². The summed E-state index contributed by atoms with van der Waals surface area (Å²) in [6.07, 6.45) is 13.6. The standard InChI is InChI=1S/C28H37N3O4/c1-3-4-11-22(2)23(20-31(21-32)25-15-16-27(33)29-28(25)34)12-7-5-6-10-17-30-18-19-35-26-14-9-8-13-24(26)30/h3-4,8-9,11-14,21,25H,5-7,10,15-20H2,1-2H3,(H,29,33,34)/b4-3-,22-11-,23-12+. The van der Waals surface area contributed by atoms with Crippen LogP contribution in [0, 0.1) is 0 Å². The topological polar surface area (TPSA) is 79.0 Å². The predicted molar refractivity (Wildman–Crippen MR) is 138 cm³/mol. The summed E-state index contributed by atoms with van der Waals surface area (Å²) in [5.74, 6) is 0.288. The molecule has 1 unspecified atom stereocenters. The van der Waals surface area contributed by atoms with E-state index in [2.05, 4.69) is 22.4 Å². The average molecular weight is 480 g/mol. The van der Waals surface area contributed by atoms with Gasteiger partial charge in [-0.15, -0.1) is 0 Å². The lowest BCUT2D eigenvalue weighted by atomic mass is 10.0. The van der Waals surface area contributed by atoms with Crippen molar-refractivity contribution in [3.05, 3.63) is 59.7 Å². The molecule has 1 aromatic carbocycles. The van der Waals surface area contributed by atoms with Gasteiger partial charge in [-0.1, -0.05) is 42.9 Å². The highest BCUT2D eigenvalue weighted by Gasteiger charge is 2.31. The SMILES string of the molecule is C\C=C/C=C(C)\C(=C\CCCCCN1CCOc2ccccc21)CN(C=O)C1CCC(=O)NC1=O. The summed E-state index contributed by atoms with van der Waals surface area (Å²) in [5, 5.41) is 2.35. The van der Waals surface area contributed by atoms with Gasteiger partial charge in [-0.05, 0) is 62.8 Å². The van der Waals surface area contributed by atoms with E-state index in [0.29, 0.717) is 13.0 Å². The van der Waals surface area contributed by atoms with Crippen molar-refractivity contribution in [1.82, 2.24) is 10.2 Å². The van der Waals surface area contributed by atoms with Crippen LogP contribution in [0.15, 0.2) is 59.7 Å². The van der Waals surface area contributed by atoms with Gasteiger partial charge < -0.3 is 14.5 Å². The van der Waals surface area contributed by atoms with E-state index in [9.17, 15) is 14.4 Å².